The number of oxime groups is 1. The first-order chi connectivity index (χ1) is 11.6. The molecule has 0 spiro atoms. The van der Waals surface area contributed by atoms with Crippen LogP contribution in [0.4, 0.5) is 0 Å². The molecule has 24 heavy (non-hydrogen) atoms. The van der Waals surface area contributed by atoms with Crippen LogP contribution in [0.5, 0.6) is 5.75 Å². The number of allylic oxidation sites excluding steroid dienone is 2. The molecule has 0 radical (unpaired) electrons. The fourth-order valence-electron chi connectivity index (χ4n) is 2.92. The van der Waals surface area contributed by atoms with Gasteiger partial charge in [0.15, 0.2) is 5.78 Å². The van der Waals surface area contributed by atoms with Crippen LogP contribution in [0.1, 0.15) is 51.0 Å². The van der Waals surface area contributed by atoms with Crippen molar-refractivity contribution in [2.24, 2.45) is 5.16 Å². The molecule has 1 aromatic rings. The molecule has 0 saturated carbocycles. The number of ketones is 1. The van der Waals surface area contributed by atoms with E-state index in [-0.39, 0.29) is 17.5 Å². The third-order valence-electron chi connectivity index (χ3n) is 4.12. The summed E-state index contributed by atoms with van der Waals surface area (Å²) in [4.78, 5) is 17.5. The second-order valence-electron chi connectivity index (χ2n) is 5.75. The predicted molar refractivity (Wildman–Crippen MR) is 93.6 cm³/mol. The van der Waals surface area contributed by atoms with Crippen LogP contribution in [-0.2, 0) is 9.63 Å². The van der Waals surface area contributed by atoms with E-state index in [1.807, 2.05) is 38.1 Å². The summed E-state index contributed by atoms with van der Waals surface area (Å²) in [5.41, 5.74) is 1.84. The summed E-state index contributed by atoms with van der Waals surface area (Å²) in [6.45, 7) is 4.27. The van der Waals surface area contributed by atoms with E-state index in [2.05, 4.69) is 5.16 Å². The van der Waals surface area contributed by atoms with Crippen molar-refractivity contribution in [3.05, 3.63) is 41.2 Å². The standard InChI is InChI=1S/C19H25NO4/c1-4-6-16(20-24-5-2)18-17(21)12-11-15(19(18)22)13-7-9-14(23-3)10-8-13/h7-10,15,22H,4-6,11-12H2,1-3H3/b20-16+. The van der Waals surface area contributed by atoms with Gasteiger partial charge in [0.1, 0.15) is 18.1 Å². The Labute approximate surface area is 143 Å². The number of aliphatic hydroxyl groups is 1. The van der Waals surface area contributed by atoms with Gasteiger partial charge < -0.3 is 14.7 Å². The molecule has 1 unspecified atom stereocenters. The van der Waals surface area contributed by atoms with Crippen LogP contribution >= 0.6 is 0 Å². The maximum absolute atomic E-state index is 12.4. The van der Waals surface area contributed by atoms with E-state index >= 15 is 0 Å². The van der Waals surface area contributed by atoms with Crippen molar-refractivity contribution in [1.29, 1.82) is 0 Å². The van der Waals surface area contributed by atoms with Crippen LogP contribution in [-0.4, -0.2) is 30.3 Å². The molecule has 1 atom stereocenters. The van der Waals surface area contributed by atoms with Crippen LogP contribution in [0.3, 0.4) is 0 Å². The van der Waals surface area contributed by atoms with Gasteiger partial charge in [0.25, 0.3) is 0 Å². The van der Waals surface area contributed by atoms with Crippen LogP contribution in [0.25, 0.3) is 0 Å². The highest BCUT2D eigenvalue weighted by atomic mass is 16.6. The molecule has 0 saturated heterocycles. The summed E-state index contributed by atoms with van der Waals surface area (Å²) in [7, 11) is 1.62. The highest BCUT2D eigenvalue weighted by molar-refractivity contribution is 6.23. The molecule has 0 aliphatic heterocycles. The van der Waals surface area contributed by atoms with Crippen molar-refractivity contribution >= 4 is 11.5 Å². The van der Waals surface area contributed by atoms with Gasteiger partial charge >= 0.3 is 0 Å². The first-order valence-electron chi connectivity index (χ1n) is 8.41. The molecule has 0 aromatic heterocycles. The molecule has 0 heterocycles. The lowest BCUT2D eigenvalue weighted by molar-refractivity contribution is -0.116. The number of aliphatic hydroxyl groups excluding tert-OH is 1. The molecule has 130 valence electrons. The van der Waals surface area contributed by atoms with E-state index < -0.39 is 0 Å². The summed E-state index contributed by atoms with van der Waals surface area (Å²) in [6.07, 6.45) is 2.41. The average Bonchev–Trinajstić information content (AvgIpc) is 2.60. The SMILES string of the molecule is CCC/C(=N\OCC)C1=C(O)C(c2ccc(OC)cc2)CCC1=O. The molecule has 0 bridgehead atoms. The number of Topliss-reactive ketones (excluding diaryl/α,β-unsaturated/α-hetero) is 1. The Morgan fingerprint density at radius 2 is 2.00 bits per heavy atom. The zero-order valence-electron chi connectivity index (χ0n) is 14.5. The topological polar surface area (TPSA) is 68.1 Å². The lowest BCUT2D eigenvalue weighted by atomic mass is 9.81. The molecule has 0 fully saturated rings. The Bertz CT molecular complexity index is 631. The van der Waals surface area contributed by atoms with Crippen molar-refractivity contribution < 1.29 is 19.5 Å². The molecule has 1 aliphatic rings. The fourth-order valence-corrected chi connectivity index (χ4v) is 2.92. The minimum absolute atomic E-state index is 0.0656. The Hall–Kier alpha value is -2.30. The molecule has 5 nitrogen and oxygen atoms in total. The fraction of sp³-hybridized carbons (Fsp3) is 0.474. The van der Waals surface area contributed by atoms with Gasteiger partial charge in [-0.25, -0.2) is 0 Å². The molecular weight excluding hydrogens is 306 g/mol. The maximum Gasteiger partial charge on any atom is 0.168 e. The number of carbonyl (C=O) groups is 1. The summed E-state index contributed by atoms with van der Waals surface area (Å²) in [6, 6.07) is 7.57. The number of ether oxygens (including phenoxy) is 1. The van der Waals surface area contributed by atoms with E-state index in [1.165, 1.54) is 0 Å². The Morgan fingerprint density at radius 3 is 2.58 bits per heavy atom. The van der Waals surface area contributed by atoms with Crippen LogP contribution in [0, 0.1) is 0 Å². The van der Waals surface area contributed by atoms with Crippen molar-refractivity contribution in [3.8, 4) is 5.75 Å². The van der Waals surface area contributed by atoms with Gasteiger partial charge in [-0.3, -0.25) is 4.79 Å². The van der Waals surface area contributed by atoms with Crippen LogP contribution in [0.2, 0.25) is 0 Å². The minimum Gasteiger partial charge on any atom is -0.511 e. The summed E-state index contributed by atoms with van der Waals surface area (Å²) >= 11 is 0. The second-order valence-corrected chi connectivity index (χ2v) is 5.75. The van der Waals surface area contributed by atoms with Gasteiger partial charge in [-0.15, -0.1) is 0 Å². The van der Waals surface area contributed by atoms with Crippen LogP contribution in [0.15, 0.2) is 40.8 Å². The molecule has 1 aromatic carbocycles. The van der Waals surface area contributed by atoms with Gasteiger partial charge in [0.2, 0.25) is 0 Å². The normalized spacial score (nSPS) is 18.7. The van der Waals surface area contributed by atoms with Gasteiger partial charge in [0.05, 0.1) is 18.4 Å². The minimum atomic E-state index is -0.202. The number of nitrogens with zero attached hydrogens (tertiary/aromatic N) is 1. The van der Waals surface area contributed by atoms with Crippen molar-refractivity contribution in [1.82, 2.24) is 0 Å². The molecule has 5 heteroatoms. The highest BCUT2D eigenvalue weighted by Crippen LogP contribution is 2.36. The number of hydrogen-bond acceptors (Lipinski definition) is 5. The van der Waals surface area contributed by atoms with Gasteiger partial charge in [-0.05, 0) is 37.5 Å². The maximum atomic E-state index is 12.4. The van der Waals surface area contributed by atoms with Gasteiger partial charge in [0, 0.05) is 12.3 Å². The zero-order valence-corrected chi connectivity index (χ0v) is 14.5. The predicted octanol–water partition coefficient (Wildman–Crippen LogP) is 4.15. The lowest BCUT2D eigenvalue weighted by Crippen LogP contribution is -2.24. The first kappa shape index (κ1) is 18.0. The molecule has 1 N–H and O–H groups in total. The number of rotatable bonds is 7. The summed E-state index contributed by atoms with van der Waals surface area (Å²) in [5, 5.41) is 14.8. The van der Waals surface area contributed by atoms with E-state index in [9.17, 15) is 9.90 Å². The third-order valence-corrected chi connectivity index (χ3v) is 4.12. The largest absolute Gasteiger partial charge is 0.511 e. The first-order valence-corrected chi connectivity index (χ1v) is 8.41. The van der Waals surface area contributed by atoms with E-state index in [1.54, 1.807) is 7.11 Å². The van der Waals surface area contributed by atoms with Crippen molar-refractivity contribution in [2.75, 3.05) is 13.7 Å². The highest BCUT2D eigenvalue weighted by Gasteiger charge is 2.32. The number of hydrogen-bond donors (Lipinski definition) is 1. The second kappa shape index (κ2) is 8.52. The number of carbonyl (C=O) groups excluding carboxylic acids is 1. The van der Waals surface area contributed by atoms with E-state index in [0.717, 1.165) is 17.7 Å². The molecule has 0 amide bonds. The Morgan fingerprint density at radius 1 is 1.29 bits per heavy atom. The Kier molecular flexibility index (Phi) is 6.41. The molecule has 1 aliphatic carbocycles. The van der Waals surface area contributed by atoms with E-state index in [0.29, 0.717) is 37.2 Å². The summed E-state index contributed by atoms with van der Waals surface area (Å²) in [5.74, 6) is 0.596. The van der Waals surface area contributed by atoms with Crippen LogP contribution < -0.4 is 4.74 Å². The van der Waals surface area contributed by atoms with Gasteiger partial charge in [-0.1, -0.05) is 30.6 Å². The smallest absolute Gasteiger partial charge is 0.168 e. The lowest BCUT2D eigenvalue weighted by Gasteiger charge is -2.25. The zero-order chi connectivity index (χ0) is 17.5. The number of methoxy groups -OCH3 is 1. The van der Waals surface area contributed by atoms with Crippen molar-refractivity contribution in [2.45, 2.75) is 45.4 Å². The Balaban J connectivity index is 2.40. The monoisotopic (exact) mass is 331 g/mol. The molecular formula is C19H25NO4. The summed E-state index contributed by atoms with van der Waals surface area (Å²) < 4.78 is 5.17. The van der Waals surface area contributed by atoms with Crippen molar-refractivity contribution in [3.63, 3.8) is 0 Å². The van der Waals surface area contributed by atoms with Gasteiger partial charge in [-0.2, -0.15) is 0 Å². The third kappa shape index (κ3) is 3.96. The number of benzene rings is 1. The van der Waals surface area contributed by atoms with E-state index in [4.69, 9.17) is 9.57 Å². The average molecular weight is 331 g/mol. The quantitative estimate of drug-likeness (QED) is 0.602. The molecule has 2 rings (SSSR count).